The fourth-order valence-corrected chi connectivity index (χ4v) is 2.15. The lowest BCUT2D eigenvalue weighted by Crippen LogP contribution is -2.13. The highest BCUT2D eigenvalue weighted by Gasteiger charge is 2.15. The van der Waals surface area contributed by atoms with Crippen LogP contribution in [0.5, 0.6) is 0 Å². The van der Waals surface area contributed by atoms with E-state index in [1.54, 1.807) is 42.5 Å². The van der Waals surface area contributed by atoms with Gasteiger partial charge in [0.05, 0.1) is 11.1 Å². The van der Waals surface area contributed by atoms with Gasteiger partial charge in [0.15, 0.2) is 0 Å². The summed E-state index contributed by atoms with van der Waals surface area (Å²) in [6.07, 6.45) is 2.03. The van der Waals surface area contributed by atoms with Gasteiger partial charge in [-0.25, -0.2) is 9.59 Å². The molecule has 0 aliphatic carbocycles. The first-order valence-electron chi connectivity index (χ1n) is 7.03. The fourth-order valence-electron chi connectivity index (χ4n) is 2.15. The first-order chi connectivity index (χ1) is 10.1. The second-order valence-electron chi connectivity index (χ2n) is 4.93. The highest BCUT2D eigenvalue weighted by atomic mass is 16.6. The molecule has 0 saturated heterocycles. The maximum atomic E-state index is 12.0. The maximum Gasteiger partial charge on any atom is 0.346 e. The molecule has 0 amide bonds. The molecule has 0 saturated carbocycles. The molecular weight excluding hydrogens is 264 g/mol. The van der Waals surface area contributed by atoms with E-state index in [9.17, 15) is 9.59 Å². The summed E-state index contributed by atoms with van der Waals surface area (Å²) in [5.41, 5.74) is 3.02. The number of ether oxygens (including phenoxy) is 1. The molecule has 3 heteroatoms. The van der Waals surface area contributed by atoms with Gasteiger partial charge in [-0.3, -0.25) is 0 Å². The highest BCUT2D eigenvalue weighted by Crippen LogP contribution is 2.14. The highest BCUT2D eigenvalue weighted by molar-refractivity contribution is 6.02. The Kier molecular flexibility index (Phi) is 4.88. The average molecular weight is 282 g/mol. The van der Waals surface area contributed by atoms with Crippen molar-refractivity contribution >= 4 is 11.9 Å². The standard InChI is InChI=1S/C18H18O3/c1-3-7-14-10-11-16(12-13(14)2)18(20)21-17(19)15-8-5-4-6-9-15/h4-6,8-12H,3,7H2,1-2H3. The molecule has 0 bridgehead atoms. The van der Waals surface area contributed by atoms with Crippen molar-refractivity contribution in [2.75, 3.05) is 0 Å². The van der Waals surface area contributed by atoms with Gasteiger partial charge in [-0.05, 0) is 48.7 Å². The Morgan fingerprint density at radius 3 is 2.24 bits per heavy atom. The summed E-state index contributed by atoms with van der Waals surface area (Å²) >= 11 is 0. The van der Waals surface area contributed by atoms with Crippen LogP contribution in [0.2, 0.25) is 0 Å². The Balaban J connectivity index is 2.10. The predicted molar refractivity (Wildman–Crippen MR) is 81.4 cm³/mol. The minimum absolute atomic E-state index is 0.366. The summed E-state index contributed by atoms with van der Waals surface area (Å²) < 4.78 is 4.90. The maximum absolute atomic E-state index is 12.0. The van der Waals surface area contributed by atoms with Gasteiger partial charge in [0, 0.05) is 0 Å². The van der Waals surface area contributed by atoms with Crippen molar-refractivity contribution < 1.29 is 14.3 Å². The lowest BCUT2D eigenvalue weighted by atomic mass is 10.0. The molecule has 0 aromatic heterocycles. The van der Waals surface area contributed by atoms with Gasteiger partial charge >= 0.3 is 11.9 Å². The van der Waals surface area contributed by atoms with Crippen molar-refractivity contribution in [3.63, 3.8) is 0 Å². The molecule has 0 aliphatic rings. The molecule has 0 atom stereocenters. The van der Waals surface area contributed by atoms with Crippen LogP contribution < -0.4 is 0 Å². The third kappa shape index (κ3) is 3.78. The Labute approximate surface area is 124 Å². The van der Waals surface area contributed by atoms with Crippen LogP contribution in [0, 0.1) is 6.92 Å². The summed E-state index contributed by atoms with van der Waals surface area (Å²) in [4.78, 5) is 23.8. The first kappa shape index (κ1) is 15.0. The Hall–Kier alpha value is -2.42. The van der Waals surface area contributed by atoms with Crippen molar-refractivity contribution in [2.45, 2.75) is 26.7 Å². The molecule has 0 spiro atoms. The zero-order valence-corrected chi connectivity index (χ0v) is 12.3. The van der Waals surface area contributed by atoms with Gasteiger partial charge < -0.3 is 4.74 Å². The van der Waals surface area contributed by atoms with E-state index in [0.717, 1.165) is 18.4 Å². The predicted octanol–water partition coefficient (Wildman–Crippen LogP) is 3.94. The summed E-state index contributed by atoms with van der Waals surface area (Å²) in [6.45, 7) is 4.07. The molecule has 3 nitrogen and oxygen atoms in total. The van der Waals surface area contributed by atoms with Gasteiger partial charge in [0.1, 0.15) is 0 Å². The van der Waals surface area contributed by atoms with Crippen LogP contribution in [-0.2, 0) is 11.2 Å². The minimum Gasteiger partial charge on any atom is -0.386 e. The SMILES string of the molecule is CCCc1ccc(C(=O)OC(=O)c2ccccc2)cc1C. The summed E-state index contributed by atoms with van der Waals surface area (Å²) in [7, 11) is 0. The number of aryl methyl sites for hydroxylation is 2. The molecule has 0 heterocycles. The van der Waals surface area contributed by atoms with Crippen molar-refractivity contribution in [2.24, 2.45) is 0 Å². The molecule has 0 N–H and O–H groups in total. The molecule has 2 rings (SSSR count). The van der Waals surface area contributed by atoms with E-state index < -0.39 is 11.9 Å². The zero-order valence-electron chi connectivity index (χ0n) is 12.3. The number of rotatable bonds is 4. The monoisotopic (exact) mass is 282 g/mol. The minimum atomic E-state index is -0.629. The van der Waals surface area contributed by atoms with E-state index in [-0.39, 0.29) is 0 Å². The first-order valence-corrected chi connectivity index (χ1v) is 7.03. The van der Waals surface area contributed by atoms with Crippen LogP contribution in [-0.4, -0.2) is 11.9 Å². The van der Waals surface area contributed by atoms with Crippen LogP contribution in [0.4, 0.5) is 0 Å². The number of carbonyl (C=O) groups excluding carboxylic acids is 2. The number of hydrogen-bond donors (Lipinski definition) is 0. The lowest BCUT2D eigenvalue weighted by molar-refractivity contribution is 0.0397. The molecule has 0 fully saturated rings. The molecule has 108 valence electrons. The van der Waals surface area contributed by atoms with E-state index in [4.69, 9.17) is 4.74 Å². The quantitative estimate of drug-likeness (QED) is 0.630. The van der Waals surface area contributed by atoms with Crippen molar-refractivity contribution in [3.8, 4) is 0 Å². The zero-order chi connectivity index (χ0) is 15.2. The van der Waals surface area contributed by atoms with Crippen molar-refractivity contribution in [3.05, 3.63) is 70.8 Å². The summed E-state index contributed by atoms with van der Waals surface area (Å²) in [5.74, 6) is -1.24. The van der Waals surface area contributed by atoms with Crippen molar-refractivity contribution in [1.82, 2.24) is 0 Å². The van der Waals surface area contributed by atoms with Gasteiger partial charge in [-0.2, -0.15) is 0 Å². The molecular formula is C18H18O3. The van der Waals surface area contributed by atoms with E-state index in [0.29, 0.717) is 11.1 Å². The summed E-state index contributed by atoms with van der Waals surface area (Å²) in [5, 5.41) is 0. The third-order valence-corrected chi connectivity index (χ3v) is 3.29. The van der Waals surface area contributed by atoms with Crippen LogP contribution in [0.25, 0.3) is 0 Å². The molecule has 21 heavy (non-hydrogen) atoms. The van der Waals surface area contributed by atoms with E-state index in [1.165, 1.54) is 5.56 Å². The van der Waals surface area contributed by atoms with Crippen LogP contribution in [0.15, 0.2) is 48.5 Å². The van der Waals surface area contributed by atoms with Crippen molar-refractivity contribution in [1.29, 1.82) is 0 Å². The normalized spacial score (nSPS) is 10.2. The molecule has 0 aliphatic heterocycles. The second-order valence-corrected chi connectivity index (χ2v) is 4.93. The van der Waals surface area contributed by atoms with Gasteiger partial charge in [0.25, 0.3) is 0 Å². The van der Waals surface area contributed by atoms with E-state index >= 15 is 0 Å². The lowest BCUT2D eigenvalue weighted by Gasteiger charge is -2.07. The van der Waals surface area contributed by atoms with Gasteiger partial charge in [-0.1, -0.05) is 37.6 Å². The van der Waals surface area contributed by atoms with E-state index in [2.05, 4.69) is 6.92 Å². The Morgan fingerprint density at radius 1 is 0.952 bits per heavy atom. The average Bonchev–Trinajstić information content (AvgIpc) is 2.50. The van der Waals surface area contributed by atoms with Gasteiger partial charge in [0.2, 0.25) is 0 Å². The largest absolute Gasteiger partial charge is 0.386 e. The third-order valence-electron chi connectivity index (χ3n) is 3.29. The van der Waals surface area contributed by atoms with Crippen LogP contribution in [0.3, 0.4) is 0 Å². The number of benzene rings is 2. The molecule has 2 aromatic rings. The Morgan fingerprint density at radius 2 is 1.62 bits per heavy atom. The van der Waals surface area contributed by atoms with Crippen LogP contribution >= 0.6 is 0 Å². The van der Waals surface area contributed by atoms with E-state index in [1.807, 2.05) is 13.0 Å². The molecule has 0 unspecified atom stereocenters. The van der Waals surface area contributed by atoms with Crippen LogP contribution in [0.1, 0.15) is 45.2 Å². The number of esters is 2. The van der Waals surface area contributed by atoms with Gasteiger partial charge in [-0.15, -0.1) is 0 Å². The second kappa shape index (κ2) is 6.84. The smallest absolute Gasteiger partial charge is 0.346 e. The summed E-state index contributed by atoms with van der Waals surface area (Å²) in [6, 6.07) is 13.9. The Bertz CT molecular complexity index is 645. The topological polar surface area (TPSA) is 43.4 Å². The fraction of sp³-hybridized carbons (Fsp3) is 0.222. The number of carbonyl (C=O) groups is 2. The number of hydrogen-bond acceptors (Lipinski definition) is 3. The molecule has 2 aromatic carbocycles. The molecule has 0 radical (unpaired) electrons.